The van der Waals surface area contributed by atoms with E-state index in [1.165, 1.54) is 11.4 Å². The summed E-state index contributed by atoms with van der Waals surface area (Å²) in [6.07, 6.45) is 0.795. The number of carbonyl (C=O) groups excluding carboxylic acids is 2. The van der Waals surface area contributed by atoms with Gasteiger partial charge in [0.1, 0.15) is 4.21 Å². The molecule has 1 aromatic heterocycles. The predicted octanol–water partition coefficient (Wildman–Crippen LogP) is 4.35. The number of anilines is 2. The van der Waals surface area contributed by atoms with E-state index in [-0.39, 0.29) is 16.2 Å². The zero-order valence-electron chi connectivity index (χ0n) is 18.0. The van der Waals surface area contributed by atoms with Gasteiger partial charge in [0.25, 0.3) is 21.8 Å². The molecule has 7 nitrogen and oxygen atoms in total. The number of rotatable bonds is 8. The quantitative estimate of drug-likeness (QED) is 0.510. The number of hydrogen-bond acceptors (Lipinski definition) is 5. The van der Waals surface area contributed by atoms with Gasteiger partial charge in [-0.1, -0.05) is 25.1 Å². The minimum atomic E-state index is -3.65. The molecule has 1 unspecified atom stereocenters. The Kier molecular flexibility index (Phi) is 7.32. The lowest BCUT2D eigenvalue weighted by atomic mass is 10.1. The number of para-hydroxylation sites is 1. The average Bonchev–Trinajstić information content (AvgIpc) is 3.35. The zero-order chi connectivity index (χ0) is 23.3. The lowest BCUT2D eigenvalue weighted by Gasteiger charge is -2.19. The van der Waals surface area contributed by atoms with Crippen molar-refractivity contribution in [2.75, 3.05) is 16.7 Å². The number of amides is 2. The highest BCUT2D eigenvalue weighted by atomic mass is 32.2. The molecule has 1 atom stereocenters. The van der Waals surface area contributed by atoms with Crippen molar-refractivity contribution in [1.82, 2.24) is 5.32 Å². The molecule has 3 rings (SSSR count). The Morgan fingerprint density at radius 3 is 2.31 bits per heavy atom. The molecule has 0 saturated carbocycles. The first-order chi connectivity index (χ1) is 15.2. The second kappa shape index (κ2) is 9.97. The van der Waals surface area contributed by atoms with E-state index in [1.54, 1.807) is 66.0 Å². The maximum atomic E-state index is 12.8. The summed E-state index contributed by atoms with van der Waals surface area (Å²) in [6, 6.07) is 16.3. The highest BCUT2D eigenvalue weighted by Crippen LogP contribution is 2.25. The molecule has 168 valence electrons. The van der Waals surface area contributed by atoms with Gasteiger partial charge in [-0.3, -0.25) is 13.9 Å². The van der Waals surface area contributed by atoms with E-state index < -0.39 is 15.9 Å². The van der Waals surface area contributed by atoms with Crippen LogP contribution in [-0.4, -0.2) is 33.3 Å². The Labute approximate surface area is 192 Å². The molecule has 1 heterocycles. The van der Waals surface area contributed by atoms with Crippen molar-refractivity contribution < 1.29 is 18.0 Å². The first-order valence-electron chi connectivity index (χ1n) is 10.1. The van der Waals surface area contributed by atoms with Gasteiger partial charge in [0.15, 0.2) is 0 Å². The highest BCUT2D eigenvalue weighted by molar-refractivity contribution is 7.94. The maximum absolute atomic E-state index is 12.8. The summed E-state index contributed by atoms with van der Waals surface area (Å²) in [5.74, 6) is -0.657. The van der Waals surface area contributed by atoms with Gasteiger partial charge in [-0.25, -0.2) is 8.42 Å². The third-order valence-corrected chi connectivity index (χ3v) is 8.17. The highest BCUT2D eigenvalue weighted by Gasteiger charge is 2.22. The largest absolute Gasteiger partial charge is 0.350 e. The molecule has 0 bridgehead atoms. The van der Waals surface area contributed by atoms with Gasteiger partial charge in [-0.2, -0.15) is 0 Å². The SMILES string of the molecule is CCC(C)NC(=O)c1ccccc1NC(=O)c1ccc(N(C)S(=O)(=O)c2cccs2)cc1. The van der Waals surface area contributed by atoms with Crippen LogP contribution in [-0.2, 0) is 10.0 Å². The number of nitrogens with zero attached hydrogens (tertiary/aromatic N) is 1. The number of thiophene rings is 1. The van der Waals surface area contributed by atoms with Gasteiger partial charge in [-0.05, 0) is 61.2 Å². The third-order valence-electron chi connectivity index (χ3n) is 5.01. The molecular formula is C23H25N3O4S2. The standard InChI is InChI=1S/C23H25N3O4S2/c1-4-16(2)24-23(28)19-8-5-6-9-20(19)25-22(27)17-11-13-18(14-12-17)26(3)32(29,30)21-10-7-15-31-21/h5-16H,4H2,1-3H3,(H,24,28)(H,25,27). The number of sulfonamides is 1. The van der Waals surface area contributed by atoms with E-state index in [9.17, 15) is 18.0 Å². The molecule has 3 aromatic rings. The molecule has 9 heteroatoms. The molecule has 0 fully saturated rings. The second-order valence-electron chi connectivity index (χ2n) is 7.23. The Morgan fingerprint density at radius 2 is 1.69 bits per heavy atom. The summed E-state index contributed by atoms with van der Waals surface area (Å²) in [6.45, 7) is 3.89. The summed E-state index contributed by atoms with van der Waals surface area (Å²) in [5, 5.41) is 7.37. The summed E-state index contributed by atoms with van der Waals surface area (Å²) in [4.78, 5) is 25.3. The normalized spacial score (nSPS) is 12.1. The van der Waals surface area contributed by atoms with E-state index in [1.807, 2.05) is 13.8 Å². The van der Waals surface area contributed by atoms with Crippen LogP contribution in [0.1, 0.15) is 41.0 Å². The monoisotopic (exact) mass is 471 g/mol. The predicted molar refractivity (Wildman–Crippen MR) is 128 cm³/mol. The molecule has 2 N–H and O–H groups in total. The van der Waals surface area contributed by atoms with Crippen LogP contribution in [0.15, 0.2) is 70.3 Å². The van der Waals surface area contributed by atoms with Crippen LogP contribution in [0.2, 0.25) is 0 Å². The van der Waals surface area contributed by atoms with Crippen LogP contribution >= 0.6 is 11.3 Å². The summed E-state index contributed by atoms with van der Waals surface area (Å²) in [5.41, 5.74) is 1.55. The maximum Gasteiger partial charge on any atom is 0.273 e. The molecule has 2 aromatic carbocycles. The third kappa shape index (κ3) is 5.17. The van der Waals surface area contributed by atoms with E-state index in [2.05, 4.69) is 10.6 Å². The summed E-state index contributed by atoms with van der Waals surface area (Å²) < 4.78 is 26.8. The molecule has 0 aliphatic heterocycles. The lowest BCUT2D eigenvalue weighted by molar-refractivity contribution is 0.0940. The number of nitrogens with one attached hydrogen (secondary N) is 2. The fourth-order valence-electron chi connectivity index (χ4n) is 2.89. The molecular weight excluding hydrogens is 446 g/mol. The number of hydrogen-bond donors (Lipinski definition) is 2. The van der Waals surface area contributed by atoms with Crippen LogP contribution in [0.3, 0.4) is 0 Å². The van der Waals surface area contributed by atoms with Crippen molar-refractivity contribution in [3.8, 4) is 0 Å². The Bertz CT molecular complexity index is 1190. The molecule has 0 radical (unpaired) electrons. The lowest BCUT2D eigenvalue weighted by Crippen LogP contribution is -2.32. The van der Waals surface area contributed by atoms with Crippen LogP contribution in [0.4, 0.5) is 11.4 Å². The van der Waals surface area contributed by atoms with Crippen molar-refractivity contribution in [2.45, 2.75) is 30.5 Å². The van der Waals surface area contributed by atoms with E-state index in [0.717, 1.165) is 17.8 Å². The van der Waals surface area contributed by atoms with E-state index in [0.29, 0.717) is 22.5 Å². The summed E-state index contributed by atoms with van der Waals surface area (Å²) >= 11 is 1.14. The Morgan fingerprint density at radius 1 is 1.00 bits per heavy atom. The molecule has 0 aliphatic carbocycles. The first-order valence-corrected chi connectivity index (χ1v) is 12.4. The van der Waals surface area contributed by atoms with Gasteiger partial charge < -0.3 is 10.6 Å². The summed E-state index contributed by atoms with van der Waals surface area (Å²) in [7, 11) is -2.18. The zero-order valence-corrected chi connectivity index (χ0v) is 19.7. The van der Waals surface area contributed by atoms with Crippen molar-refractivity contribution in [1.29, 1.82) is 0 Å². The van der Waals surface area contributed by atoms with Gasteiger partial charge in [-0.15, -0.1) is 11.3 Å². The molecule has 2 amide bonds. The Hall–Kier alpha value is -3.17. The van der Waals surface area contributed by atoms with Crippen molar-refractivity contribution in [3.05, 3.63) is 77.2 Å². The van der Waals surface area contributed by atoms with Crippen molar-refractivity contribution in [2.24, 2.45) is 0 Å². The van der Waals surface area contributed by atoms with Crippen LogP contribution in [0.25, 0.3) is 0 Å². The minimum Gasteiger partial charge on any atom is -0.350 e. The van der Waals surface area contributed by atoms with Crippen LogP contribution < -0.4 is 14.9 Å². The molecule has 0 spiro atoms. The van der Waals surface area contributed by atoms with Gasteiger partial charge in [0.05, 0.1) is 16.9 Å². The fourth-order valence-corrected chi connectivity index (χ4v) is 5.25. The molecule has 32 heavy (non-hydrogen) atoms. The van der Waals surface area contributed by atoms with Crippen molar-refractivity contribution >= 4 is 44.5 Å². The fraction of sp³-hybridized carbons (Fsp3) is 0.217. The molecule has 0 aliphatic rings. The van der Waals surface area contributed by atoms with E-state index >= 15 is 0 Å². The Balaban J connectivity index is 1.76. The van der Waals surface area contributed by atoms with Gasteiger partial charge in [0, 0.05) is 18.7 Å². The van der Waals surface area contributed by atoms with Gasteiger partial charge in [0.2, 0.25) is 0 Å². The topological polar surface area (TPSA) is 95.6 Å². The first kappa shape index (κ1) is 23.5. The molecule has 0 saturated heterocycles. The second-order valence-corrected chi connectivity index (χ2v) is 10.4. The number of benzene rings is 2. The number of carbonyl (C=O) groups is 2. The minimum absolute atomic E-state index is 0.0150. The van der Waals surface area contributed by atoms with Crippen molar-refractivity contribution in [3.63, 3.8) is 0 Å². The van der Waals surface area contributed by atoms with Gasteiger partial charge >= 0.3 is 0 Å². The smallest absolute Gasteiger partial charge is 0.273 e. The average molecular weight is 472 g/mol. The van der Waals surface area contributed by atoms with Crippen LogP contribution in [0.5, 0.6) is 0 Å². The van der Waals surface area contributed by atoms with E-state index in [4.69, 9.17) is 0 Å². The van der Waals surface area contributed by atoms with Crippen LogP contribution in [0, 0.1) is 0 Å².